The summed E-state index contributed by atoms with van der Waals surface area (Å²) in [7, 11) is 0. The molecule has 0 bridgehead atoms. The smallest absolute Gasteiger partial charge is 0.285 e. The molecule has 18 heavy (non-hydrogen) atoms. The second-order valence-electron chi connectivity index (χ2n) is 4.22. The third kappa shape index (κ3) is 2.30. The van der Waals surface area contributed by atoms with E-state index in [4.69, 9.17) is 5.73 Å². The molecule has 0 spiro atoms. The van der Waals surface area contributed by atoms with Gasteiger partial charge in [0, 0.05) is 19.1 Å². The third-order valence-electron chi connectivity index (χ3n) is 2.90. The lowest BCUT2D eigenvalue weighted by Crippen LogP contribution is -2.32. The number of carbonyl (C=O) groups excluding carboxylic acids is 1. The van der Waals surface area contributed by atoms with Crippen molar-refractivity contribution in [1.82, 2.24) is 4.90 Å². The van der Waals surface area contributed by atoms with Gasteiger partial charge in [-0.3, -0.25) is 14.9 Å². The molecule has 6 nitrogen and oxygen atoms in total. The molecule has 0 aliphatic carbocycles. The van der Waals surface area contributed by atoms with E-state index in [0.29, 0.717) is 19.5 Å². The number of halogens is 1. The van der Waals surface area contributed by atoms with E-state index in [2.05, 4.69) is 0 Å². The molecule has 2 N–H and O–H groups in total. The SMILES string of the molecule is N[C@@H]1CCN(C(=O)c2ccc(F)cc2[N+](=O)[O-])C1. The first-order valence-electron chi connectivity index (χ1n) is 5.48. The Morgan fingerprint density at radius 2 is 2.28 bits per heavy atom. The fourth-order valence-corrected chi connectivity index (χ4v) is 1.98. The van der Waals surface area contributed by atoms with Crippen LogP contribution in [0.3, 0.4) is 0 Å². The summed E-state index contributed by atoms with van der Waals surface area (Å²) in [5.41, 5.74) is 5.06. The molecule has 1 aliphatic rings. The Labute approximate surface area is 102 Å². The quantitative estimate of drug-likeness (QED) is 0.626. The van der Waals surface area contributed by atoms with Gasteiger partial charge in [0.2, 0.25) is 0 Å². The van der Waals surface area contributed by atoms with Crippen LogP contribution in [-0.4, -0.2) is 34.9 Å². The largest absolute Gasteiger partial charge is 0.337 e. The normalized spacial score (nSPS) is 19.0. The Hall–Kier alpha value is -2.02. The number of likely N-dealkylation sites (tertiary alicyclic amines) is 1. The molecule has 1 saturated heterocycles. The van der Waals surface area contributed by atoms with Gasteiger partial charge in [0.05, 0.1) is 11.0 Å². The van der Waals surface area contributed by atoms with Crippen LogP contribution in [0.2, 0.25) is 0 Å². The van der Waals surface area contributed by atoms with Crippen molar-refractivity contribution in [3.63, 3.8) is 0 Å². The molecule has 0 unspecified atom stereocenters. The van der Waals surface area contributed by atoms with Gasteiger partial charge in [0.15, 0.2) is 0 Å². The zero-order chi connectivity index (χ0) is 13.3. The van der Waals surface area contributed by atoms with Crippen molar-refractivity contribution in [2.45, 2.75) is 12.5 Å². The Morgan fingerprint density at radius 1 is 1.56 bits per heavy atom. The summed E-state index contributed by atoms with van der Waals surface area (Å²) in [6, 6.07) is 2.83. The molecular weight excluding hydrogens is 241 g/mol. The lowest BCUT2D eigenvalue weighted by molar-refractivity contribution is -0.385. The van der Waals surface area contributed by atoms with E-state index in [9.17, 15) is 19.3 Å². The van der Waals surface area contributed by atoms with E-state index in [-0.39, 0.29) is 11.6 Å². The van der Waals surface area contributed by atoms with Crippen LogP contribution in [0.5, 0.6) is 0 Å². The lowest BCUT2D eigenvalue weighted by Gasteiger charge is -2.15. The predicted octanol–water partition coefficient (Wildman–Crippen LogP) is 0.907. The standard InChI is InChI=1S/C11H12FN3O3/c12-7-1-2-9(10(5-7)15(17)18)11(16)14-4-3-8(13)6-14/h1-2,5,8H,3-4,6,13H2/t8-/m1/s1. The van der Waals surface area contributed by atoms with Crippen LogP contribution in [0, 0.1) is 15.9 Å². The number of nitrogens with zero attached hydrogens (tertiary/aromatic N) is 2. The van der Waals surface area contributed by atoms with Crippen molar-refractivity contribution in [2.75, 3.05) is 13.1 Å². The minimum Gasteiger partial charge on any atom is -0.337 e. The summed E-state index contributed by atoms with van der Waals surface area (Å²) in [5, 5.41) is 10.8. The van der Waals surface area contributed by atoms with E-state index in [1.165, 1.54) is 4.90 Å². The van der Waals surface area contributed by atoms with E-state index in [1.807, 2.05) is 0 Å². The molecule has 1 amide bonds. The fraction of sp³-hybridized carbons (Fsp3) is 0.364. The number of benzene rings is 1. The molecule has 1 heterocycles. The predicted molar refractivity (Wildman–Crippen MR) is 61.6 cm³/mol. The van der Waals surface area contributed by atoms with Crippen LogP contribution in [0.1, 0.15) is 16.8 Å². The number of nitro groups is 1. The molecule has 1 fully saturated rings. The first-order valence-corrected chi connectivity index (χ1v) is 5.48. The van der Waals surface area contributed by atoms with E-state index in [1.54, 1.807) is 0 Å². The summed E-state index contributed by atoms with van der Waals surface area (Å²) < 4.78 is 13.0. The maximum Gasteiger partial charge on any atom is 0.285 e. The van der Waals surface area contributed by atoms with Crippen molar-refractivity contribution in [1.29, 1.82) is 0 Å². The minimum atomic E-state index is -0.758. The van der Waals surface area contributed by atoms with Gasteiger partial charge >= 0.3 is 0 Å². The highest BCUT2D eigenvalue weighted by Gasteiger charge is 2.29. The first-order chi connectivity index (χ1) is 8.49. The van der Waals surface area contributed by atoms with E-state index >= 15 is 0 Å². The number of hydrogen-bond donors (Lipinski definition) is 1. The van der Waals surface area contributed by atoms with Crippen molar-refractivity contribution in [3.05, 3.63) is 39.7 Å². The number of hydrogen-bond acceptors (Lipinski definition) is 4. The van der Waals surface area contributed by atoms with Crippen LogP contribution in [0.25, 0.3) is 0 Å². The molecule has 1 atom stereocenters. The van der Waals surface area contributed by atoms with E-state index < -0.39 is 22.3 Å². The molecule has 7 heteroatoms. The molecular formula is C11H12FN3O3. The zero-order valence-corrected chi connectivity index (χ0v) is 9.51. The van der Waals surface area contributed by atoms with Crippen molar-refractivity contribution >= 4 is 11.6 Å². The highest BCUT2D eigenvalue weighted by Crippen LogP contribution is 2.23. The molecule has 2 rings (SSSR count). The maximum absolute atomic E-state index is 13.0. The van der Waals surface area contributed by atoms with Gasteiger partial charge in [0.1, 0.15) is 11.4 Å². The van der Waals surface area contributed by atoms with Gasteiger partial charge < -0.3 is 10.6 Å². The number of nitro benzene ring substituents is 1. The summed E-state index contributed by atoms with van der Waals surface area (Å²) in [6.45, 7) is 0.835. The van der Waals surface area contributed by atoms with Crippen LogP contribution in [0.4, 0.5) is 10.1 Å². The van der Waals surface area contributed by atoms with Gasteiger partial charge in [0.25, 0.3) is 11.6 Å². The summed E-state index contributed by atoms with van der Waals surface area (Å²) >= 11 is 0. The summed E-state index contributed by atoms with van der Waals surface area (Å²) in [6.07, 6.45) is 0.667. The molecule has 1 aliphatic heterocycles. The zero-order valence-electron chi connectivity index (χ0n) is 9.51. The monoisotopic (exact) mass is 253 g/mol. The second-order valence-corrected chi connectivity index (χ2v) is 4.22. The Bertz CT molecular complexity index is 506. The molecule has 0 aromatic heterocycles. The highest BCUT2D eigenvalue weighted by molar-refractivity contribution is 5.98. The summed E-state index contributed by atoms with van der Waals surface area (Å²) in [5.74, 6) is -1.22. The van der Waals surface area contributed by atoms with Crippen molar-refractivity contribution < 1.29 is 14.1 Å². The Balaban J connectivity index is 2.33. The molecule has 96 valence electrons. The second kappa shape index (κ2) is 4.69. The summed E-state index contributed by atoms with van der Waals surface area (Å²) in [4.78, 5) is 23.6. The van der Waals surface area contributed by atoms with Crippen molar-refractivity contribution in [2.24, 2.45) is 5.73 Å². The molecule has 1 aromatic carbocycles. The number of nitrogens with two attached hydrogens (primary N) is 1. The van der Waals surface area contributed by atoms with E-state index in [0.717, 1.165) is 18.2 Å². The van der Waals surface area contributed by atoms with Gasteiger partial charge in [-0.05, 0) is 18.6 Å². The number of carbonyl (C=O) groups is 1. The van der Waals surface area contributed by atoms with Crippen LogP contribution < -0.4 is 5.73 Å². The number of rotatable bonds is 2. The van der Waals surface area contributed by atoms with Crippen molar-refractivity contribution in [3.8, 4) is 0 Å². The Morgan fingerprint density at radius 3 is 2.83 bits per heavy atom. The lowest BCUT2D eigenvalue weighted by atomic mass is 10.1. The van der Waals surface area contributed by atoms with Crippen LogP contribution in [0.15, 0.2) is 18.2 Å². The number of amides is 1. The van der Waals surface area contributed by atoms with Gasteiger partial charge in [-0.25, -0.2) is 4.39 Å². The van der Waals surface area contributed by atoms with Gasteiger partial charge in [-0.15, -0.1) is 0 Å². The maximum atomic E-state index is 13.0. The topological polar surface area (TPSA) is 89.5 Å². The molecule has 0 radical (unpaired) electrons. The fourth-order valence-electron chi connectivity index (χ4n) is 1.98. The molecule has 0 saturated carbocycles. The van der Waals surface area contributed by atoms with Gasteiger partial charge in [-0.1, -0.05) is 0 Å². The Kier molecular flexibility index (Phi) is 3.24. The average molecular weight is 253 g/mol. The first kappa shape index (κ1) is 12.4. The van der Waals surface area contributed by atoms with Crippen LogP contribution in [-0.2, 0) is 0 Å². The van der Waals surface area contributed by atoms with Crippen LogP contribution >= 0.6 is 0 Å². The van der Waals surface area contributed by atoms with Gasteiger partial charge in [-0.2, -0.15) is 0 Å². The molecule has 1 aromatic rings. The third-order valence-corrected chi connectivity index (χ3v) is 2.90. The minimum absolute atomic E-state index is 0.101. The highest BCUT2D eigenvalue weighted by atomic mass is 19.1. The average Bonchev–Trinajstić information content (AvgIpc) is 2.75.